The quantitative estimate of drug-likeness (QED) is 0.591. The molecule has 0 bridgehead atoms. The minimum atomic E-state index is -4.21. The number of anilines is 1. The van der Waals surface area contributed by atoms with Gasteiger partial charge in [-0.2, -0.15) is 0 Å². The number of halogens is 1. The number of ether oxygens (including phenoxy) is 2. The fraction of sp³-hybridized carbons (Fsp3) is 0.174. The minimum absolute atomic E-state index is 0.0368. The topological polar surface area (TPSA) is 84.9 Å². The zero-order valence-electron chi connectivity index (χ0n) is 17.0. The predicted molar refractivity (Wildman–Crippen MR) is 117 cm³/mol. The van der Waals surface area contributed by atoms with Gasteiger partial charge in [-0.25, -0.2) is 12.8 Å². The van der Waals surface area contributed by atoms with Gasteiger partial charge in [0, 0.05) is 12.6 Å². The van der Waals surface area contributed by atoms with Crippen LogP contribution >= 0.6 is 0 Å². The molecule has 3 aromatic carbocycles. The van der Waals surface area contributed by atoms with Gasteiger partial charge in [0.25, 0.3) is 10.0 Å². The SMILES string of the molecule is O=C(CN(c1cccc(F)c1)S(=O)(=O)c1ccc2c(c1)OCCO2)NCc1ccccc1. The Morgan fingerprint density at radius 1 is 0.938 bits per heavy atom. The Balaban J connectivity index is 1.62. The molecule has 1 N–H and O–H groups in total. The van der Waals surface area contributed by atoms with Crippen LogP contribution in [0.3, 0.4) is 0 Å². The first-order chi connectivity index (χ1) is 15.4. The van der Waals surface area contributed by atoms with Crippen molar-refractivity contribution >= 4 is 21.6 Å². The second-order valence-electron chi connectivity index (χ2n) is 7.06. The molecule has 9 heteroatoms. The molecule has 1 amide bonds. The number of nitrogens with zero attached hydrogens (tertiary/aromatic N) is 1. The number of nitrogens with one attached hydrogen (secondary N) is 1. The second kappa shape index (κ2) is 9.27. The molecule has 1 aliphatic heterocycles. The van der Waals surface area contributed by atoms with Crippen molar-refractivity contribution in [3.05, 3.63) is 84.2 Å². The first kappa shape index (κ1) is 21.6. The molecule has 0 atom stereocenters. The van der Waals surface area contributed by atoms with E-state index in [9.17, 15) is 17.6 Å². The van der Waals surface area contributed by atoms with Gasteiger partial charge in [0.2, 0.25) is 5.91 Å². The van der Waals surface area contributed by atoms with Crippen LogP contribution in [-0.2, 0) is 21.4 Å². The van der Waals surface area contributed by atoms with Crippen LogP contribution in [0.2, 0.25) is 0 Å². The number of sulfonamides is 1. The molecule has 0 radical (unpaired) electrons. The lowest BCUT2D eigenvalue weighted by atomic mass is 10.2. The van der Waals surface area contributed by atoms with Crippen molar-refractivity contribution in [1.82, 2.24) is 5.32 Å². The molecule has 0 unspecified atom stereocenters. The molecule has 7 nitrogen and oxygen atoms in total. The first-order valence-electron chi connectivity index (χ1n) is 9.92. The van der Waals surface area contributed by atoms with Gasteiger partial charge in [-0.05, 0) is 35.9 Å². The van der Waals surface area contributed by atoms with Gasteiger partial charge in [-0.3, -0.25) is 9.10 Å². The van der Waals surface area contributed by atoms with E-state index in [1.165, 1.54) is 36.4 Å². The molecule has 0 saturated heterocycles. The molecule has 0 aromatic heterocycles. The van der Waals surface area contributed by atoms with E-state index < -0.39 is 28.3 Å². The van der Waals surface area contributed by atoms with Crippen molar-refractivity contribution in [3.8, 4) is 11.5 Å². The second-order valence-corrected chi connectivity index (χ2v) is 8.92. The van der Waals surface area contributed by atoms with Crippen molar-refractivity contribution < 1.29 is 27.1 Å². The third-order valence-corrected chi connectivity index (χ3v) is 6.59. The summed E-state index contributed by atoms with van der Waals surface area (Å²) in [4.78, 5) is 12.5. The van der Waals surface area contributed by atoms with Crippen LogP contribution < -0.4 is 19.1 Å². The van der Waals surface area contributed by atoms with Crippen molar-refractivity contribution in [2.75, 3.05) is 24.1 Å². The summed E-state index contributed by atoms with van der Waals surface area (Å²) in [6.45, 7) is 0.385. The zero-order valence-corrected chi connectivity index (χ0v) is 17.8. The van der Waals surface area contributed by atoms with E-state index in [0.717, 1.165) is 15.9 Å². The summed E-state index contributed by atoms with van der Waals surface area (Å²) in [5.74, 6) is -0.410. The van der Waals surface area contributed by atoms with Crippen LogP contribution in [0.4, 0.5) is 10.1 Å². The average molecular weight is 456 g/mol. The van der Waals surface area contributed by atoms with Gasteiger partial charge in [-0.15, -0.1) is 0 Å². The van der Waals surface area contributed by atoms with E-state index in [1.54, 1.807) is 0 Å². The number of hydrogen-bond acceptors (Lipinski definition) is 5. The first-order valence-corrected chi connectivity index (χ1v) is 11.4. The molecule has 0 saturated carbocycles. The molecular formula is C23H21FN2O5S. The highest BCUT2D eigenvalue weighted by molar-refractivity contribution is 7.92. The Hall–Kier alpha value is -3.59. The Kier molecular flexibility index (Phi) is 6.27. The Bertz CT molecular complexity index is 1220. The van der Waals surface area contributed by atoms with E-state index in [4.69, 9.17) is 9.47 Å². The maximum absolute atomic E-state index is 13.9. The highest BCUT2D eigenvalue weighted by Gasteiger charge is 2.29. The van der Waals surface area contributed by atoms with Gasteiger partial charge < -0.3 is 14.8 Å². The third-order valence-electron chi connectivity index (χ3n) is 4.82. The molecular weight excluding hydrogens is 435 g/mol. The molecule has 1 heterocycles. The van der Waals surface area contributed by atoms with E-state index >= 15 is 0 Å². The lowest BCUT2D eigenvalue weighted by Gasteiger charge is -2.25. The largest absolute Gasteiger partial charge is 0.486 e. The van der Waals surface area contributed by atoms with Crippen LogP contribution in [0, 0.1) is 5.82 Å². The standard InChI is InChI=1S/C23H21FN2O5S/c24-18-7-4-8-19(13-18)26(16-23(27)25-15-17-5-2-1-3-6-17)32(28,29)20-9-10-21-22(14-20)31-12-11-30-21/h1-10,13-14H,11-12,15-16H2,(H,25,27). The van der Waals surface area contributed by atoms with Crippen molar-refractivity contribution in [2.45, 2.75) is 11.4 Å². The van der Waals surface area contributed by atoms with Gasteiger partial charge in [0.1, 0.15) is 25.6 Å². The Morgan fingerprint density at radius 2 is 1.69 bits per heavy atom. The summed E-state index contributed by atoms with van der Waals surface area (Å²) in [7, 11) is -4.21. The molecule has 3 aromatic rings. The summed E-state index contributed by atoms with van der Waals surface area (Å²) in [5, 5.41) is 2.70. The lowest BCUT2D eigenvalue weighted by molar-refractivity contribution is -0.119. The number of rotatable bonds is 7. The fourth-order valence-corrected chi connectivity index (χ4v) is 4.67. The summed E-state index contributed by atoms with van der Waals surface area (Å²) >= 11 is 0. The highest BCUT2D eigenvalue weighted by atomic mass is 32.2. The third kappa shape index (κ3) is 4.83. The smallest absolute Gasteiger partial charge is 0.264 e. The summed E-state index contributed by atoms with van der Waals surface area (Å²) in [5.41, 5.74) is 0.905. The number of fused-ring (bicyclic) bond motifs is 1. The summed E-state index contributed by atoms with van der Waals surface area (Å²) in [6.07, 6.45) is 0. The Morgan fingerprint density at radius 3 is 2.44 bits per heavy atom. The summed E-state index contributed by atoms with van der Waals surface area (Å²) < 4.78 is 52.6. The normalized spacial score (nSPS) is 12.8. The number of carbonyl (C=O) groups is 1. The molecule has 0 aliphatic carbocycles. The maximum atomic E-state index is 13.9. The minimum Gasteiger partial charge on any atom is -0.486 e. The van der Waals surface area contributed by atoms with Crippen LogP contribution in [-0.4, -0.2) is 34.1 Å². The fourth-order valence-electron chi connectivity index (χ4n) is 3.24. The van der Waals surface area contributed by atoms with Crippen molar-refractivity contribution in [1.29, 1.82) is 0 Å². The van der Waals surface area contributed by atoms with Crippen LogP contribution in [0.1, 0.15) is 5.56 Å². The zero-order chi connectivity index (χ0) is 22.6. The van der Waals surface area contributed by atoms with Gasteiger partial charge in [0.05, 0.1) is 10.6 Å². The van der Waals surface area contributed by atoms with Crippen LogP contribution in [0.5, 0.6) is 11.5 Å². The van der Waals surface area contributed by atoms with E-state index in [-0.39, 0.29) is 17.1 Å². The van der Waals surface area contributed by atoms with E-state index in [1.807, 2.05) is 30.3 Å². The number of carbonyl (C=O) groups excluding carboxylic acids is 1. The maximum Gasteiger partial charge on any atom is 0.264 e. The molecule has 166 valence electrons. The van der Waals surface area contributed by atoms with Crippen molar-refractivity contribution in [3.63, 3.8) is 0 Å². The number of amides is 1. The van der Waals surface area contributed by atoms with Crippen molar-refractivity contribution in [2.24, 2.45) is 0 Å². The van der Waals surface area contributed by atoms with E-state index in [2.05, 4.69) is 5.32 Å². The van der Waals surface area contributed by atoms with Gasteiger partial charge >= 0.3 is 0 Å². The molecule has 4 rings (SSSR count). The Labute approximate surface area is 185 Å². The monoisotopic (exact) mass is 456 g/mol. The predicted octanol–water partition coefficient (Wildman–Crippen LogP) is 3.11. The average Bonchev–Trinajstić information content (AvgIpc) is 2.81. The molecule has 1 aliphatic rings. The van der Waals surface area contributed by atoms with Crippen LogP contribution in [0.25, 0.3) is 0 Å². The van der Waals surface area contributed by atoms with E-state index in [0.29, 0.717) is 24.7 Å². The van der Waals surface area contributed by atoms with Crippen LogP contribution in [0.15, 0.2) is 77.7 Å². The summed E-state index contributed by atoms with van der Waals surface area (Å²) in [6, 6.07) is 18.5. The lowest BCUT2D eigenvalue weighted by Crippen LogP contribution is -2.40. The number of benzene rings is 3. The van der Waals surface area contributed by atoms with Gasteiger partial charge in [0.15, 0.2) is 11.5 Å². The highest BCUT2D eigenvalue weighted by Crippen LogP contribution is 2.34. The molecule has 0 fully saturated rings. The van der Waals surface area contributed by atoms with Gasteiger partial charge in [-0.1, -0.05) is 36.4 Å². The molecule has 0 spiro atoms. The number of hydrogen-bond donors (Lipinski definition) is 1. The molecule has 32 heavy (non-hydrogen) atoms.